The first-order chi connectivity index (χ1) is 16.1. The summed E-state index contributed by atoms with van der Waals surface area (Å²) in [6.45, 7) is 4.08. The third-order valence-electron chi connectivity index (χ3n) is 6.30. The van der Waals surface area contributed by atoms with E-state index in [1.165, 1.54) is 22.9 Å². The summed E-state index contributed by atoms with van der Waals surface area (Å²) >= 11 is 0. The number of benzene rings is 2. The lowest BCUT2D eigenvalue weighted by atomic mass is 9.87. The summed E-state index contributed by atoms with van der Waals surface area (Å²) in [5.74, 6) is 0. The Hall–Kier alpha value is -3.39. The average molecular weight is 450 g/mol. The van der Waals surface area contributed by atoms with Gasteiger partial charge in [0.05, 0.1) is 30.0 Å². The number of methoxy groups -OCH3 is 1. The number of nitrogens with one attached hydrogen (secondary N) is 3. The van der Waals surface area contributed by atoms with Crippen molar-refractivity contribution in [1.82, 2.24) is 20.4 Å². The van der Waals surface area contributed by atoms with Gasteiger partial charge in [0.25, 0.3) is 0 Å². The highest BCUT2D eigenvalue weighted by Crippen LogP contribution is 2.40. The molecule has 2 amide bonds. The molecule has 0 spiro atoms. The van der Waals surface area contributed by atoms with Gasteiger partial charge in [-0.15, -0.1) is 0 Å². The van der Waals surface area contributed by atoms with Crippen LogP contribution >= 0.6 is 0 Å². The molecular formula is C25H31N5O3. The summed E-state index contributed by atoms with van der Waals surface area (Å²) in [5.41, 5.74) is 3.25. The maximum Gasteiger partial charge on any atom is 0.434 e. The number of nitrogens with zero attached hydrogens (tertiary/aromatic N) is 2. The molecule has 8 nitrogen and oxygen atoms in total. The van der Waals surface area contributed by atoms with Crippen molar-refractivity contribution in [2.45, 2.75) is 44.6 Å². The van der Waals surface area contributed by atoms with Crippen LogP contribution in [0.15, 0.2) is 48.7 Å². The number of ether oxygens (including phenoxy) is 1. The van der Waals surface area contributed by atoms with E-state index in [1.54, 1.807) is 24.4 Å². The van der Waals surface area contributed by atoms with Crippen molar-refractivity contribution in [3.8, 4) is 0 Å². The van der Waals surface area contributed by atoms with Crippen LogP contribution in [0.4, 0.5) is 15.3 Å². The van der Waals surface area contributed by atoms with E-state index in [4.69, 9.17) is 4.74 Å². The molecule has 0 bridgehead atoms. The molecule has 0 fully saturated rings. The van der Waals surface area contributed by atoms with Crippen molar-refractivity contribution in [2.75, 3.05) is 25.5 Å². The van der Waals surface area contributed by atoms with E-state index in [2.05, 4.69) is 46.2 Å². The summed E-state index contributed by atoms with van der Waals surface area (Å²) in [5, 5.41) is 14.5. The molecule has 1 aliphatic rings. The van der Waals surface area contributed by atoms with Crippen LogP contribution in [-0.4, -0.2) is 42.1 Å². The lowest BCUT2D eigenvalue weighted by Crippen LogP contribution is -2.46. The predicted octanol–water partition coefficient (Wildman–Crippen LogP) is 4.39. The summed E-state index contributed by atoms with van der Waals surface area (Å²) in [4.78, 5) is 25.2. The van der Waals surface area contributed by atoms with E-state index in [0.29, 0.717) is 16.6 Å². The van der Waals surface area contributed by atoms with Crippen LogP contribution in [0, 0.1) is 0 Å². The third kappa shape index (κ3) is 4.71. The lowest BCUT2D eigenvalue weighted by Gasteiger charge is -2.32. The van der Waals surface area contributed by atoms with Gasteiger partial charge in [-0.1, -0.05) is 37.3 Å². The second-order valence-electron chi connectivity index (χ2n) is 8.44. The van der Waals surface area contributed by atoms with Crippen LogP contribution in [0.2, 0.25) is 0 Å². The molecule has 0 aliphatic heterocycles. The molecule has 2 aromatic carbocycles. The molecule has 4 rings (SSSR count). The average Bonchev–Trinajstić information content (AvgIpc) is 3.42. The molecule has 8 heteroatoms. The minimum Gasteiger partial charge on any atom is -0.451 e. The fraction of sp³-hybridized carbons (Fsp3) is 0.400. The number of carbonyl (C=O) groups is 2. The van der Waals surface area contributed by atoms with Crippen molar-refractivity contribution in [3.05, 3.63) is 59.8 Å². The first kappa shape index (κ1) is 22.8. The number of hydrogen-bond donors (Lipinski definition) is 3. The molecule has 1 aliphatic carbocycles. The highest BCUT2D eigenvalue weighted by molar-refractivity contribution is 6.02. The highest BCUT2D eigenvalue weighted by Gasteiger charge is 2.39. The number of rotatable bonds is 8. The Morgan fingerprint density at radius 2 is 2.00 bits per heavy atom. The molecule has 0 saturated carbocycles. The number of hydrogen-bond acceptors (Lipinski definition) is 5. The van der Waals surface area contributed by atoms with Gasteiger partial charge >= 0.3 is 12.1 Å². The van der Waals surface area contributed by atoms with Gasteiger partial charge in [-0.25, -0.2) is 9.59 Å². The molecule has 3 N–H and O–H groups in total. The van der Waals surface area contributed by atoms with Crippen LogP contribution in [0.25, 0.3) is 10.9 Å². The number of anilines is 1. The summed E-state index contributed by atoms with van der Waals surface area (Å²) in [6, 6.07) is 13.4. The summed E-state index contributed by atoms with van der Waals surface area (Å²) < 4.78 is 5.95. The summed E-state index contributed by atoms with van der Waals surface area (Å²) in [6.07, 6.45) is 5.73. The first-order valence-corrected chi connectivity index (χ1v) is 11.5. The Kier molecular flexibility index (Phi) is 6.93. The Bertz CT molecular complexity index is 1140. The van der Waals surface area contributed by atoms with Crippen LogP contribution in [-0.2, 0) is 16.7 Å². The van der Waals surface area contributed by atoms with Gasteiger partial charge in [-0.2, -0.15) is 9.78 Å². The van der Waals surface area contributed by atoms with Gasteiger partial charge in [0.2, 0.25) is 0 Å². The van der Waals surface area contributed by atoms with E-state index in [-0.39, 0.29) is 6.03 Å². The Balaban J connectivity index is 1.53. The standard InChI is InChI=1S/C25H31N5O3/c1-3-15-26-16-7-13-25(14-12-18-8-4-5-9-20(18)25)29-23(31)28-21-10-6-11-22-19(21)17-27-30(22)24(32)33-2/h4-6,8-11,17,26H,3,7,12-16H2,1-2H3,(H2,28,29,31). The Morgan fingerprint density at radius 3 is 2.82 bits per heavy atom. The summed E-state index contributed by atoms with van der Waals surface area (Å²) in [7, 11) is 1.31. The zero-order valence-corrected chi connectivity index (χ0v) is 19.2. The van der Waals surface area contributed by atoms with E-state index >= 15 is 0 Å². The van der Waals surface area contributed by atoms with Crippen LogP contribution in [0.1, 0.15) is 43.7 Å². The molecule has 1 atom stereocenters. The molecule has 0 saturated heterocycles. The number of urea groups is 1. The zero-order valence-electron chi connectivity index (χ0n) is 19.2. The van der Waals surface area contributed by atoms with Gasteiger partial charge in [0.15, 0.2) is 0 Å². The maximum atomic E-state index is 13.2. The fourth-order valence-electron chi connectivity index (χ4n) is 4.72. The molecule has 0 radical (unpaired) electrons. The van der Waals surface area contributed by atoms with Crippen LogP contribution in [0.3, 0.4) is 0 Å². The minimum absolute atomic E-state index is 0.272. The van der Waals surface area contributed by atoms with Crippen LogP contribution in [0.5, 0.6) is 0 Å². The van der Waals surface area contributed by atoms with Crippen molar-refractivity contribution >= 4 is 28.7 Å². The minimum atomic E-state index is -0.579. The number of aryl methyl sites for hydroxylation is 1. The van der Waals surface area contributed by atoms with Gasteiger partial charge in [0.1, 0.15) is 0 Å². The maximum absolute atomic E-state index is 13.2. The molecule has 174 valence electrons. The van der Waals surface area contributed by atoms with E-state index in [9.17, 15) is 9.59 Å². The molecule has 1 heterocycles. The van der Waals surface area contributed by atoms with E-state index in [0.717, 1.165) is 45.2 Å². The molecular weight excluding hydrogens is 418 g/mol. The van der Waals surface area contributed by atoms with Crippen molar-refractivity contribution in [2.24, 2.45) is 0 Å². The third-order valence-corrected chi connectivity index (χ3v) is 6.30. The lowest BCUT2D eigenvalue weighted by molar-refractivity contribution is 0.170. The quantitative estimate of drug-likeness (QED) is 0.443. The van der Waals surface area contributed by atoms with Crippen molar-refractivity contribution in [1.29, 1.82) is 0 Å². The second kappa shape index (κ2) is 10.0. The molecule has 3 aromatic rings. The SMILES string of the molecule is CCCNCCCC1(NC(=O)Nc2cccc3c2cnn3C(=O)OC)CCc2ccccc21. The fourth-order valence-corrected chi connectivity index (χ4v) is 4.72. The second-order valence-corrected chi connectivity index (χ2v) is 8.44. The Labute approximate surface area is 193 Å². The Morgan fingerprint density at radius 1 is 1.15 bits per heavy atom. The topological polar surface area (TPSA) is 97.3 Å². The monoisotopic (exact) mass is 449 g/mol. The van der Waals surface area contributed by atoms with Gasteiger partial charge in [-0.3, -0.25) is 0 Å². The molecule has 1 aromatic heterocycles. The molecule has 33 heavy (non-hydrogen) atoms. The number of amides is 2. The van der Waals surface area contributed by atoms with Crippen molar-refractivity contribution < 1.29 is 14.3 Å². The predicted molar refractivity (Wildman–Crippen MR) is 129 cm³/mol. The molecule has 1 unspecified atom stereocenters. The number of aromatic nitrogens is 2. The normalized spacial score (nSPS) is 17.0. The van der Waals surface area contributed by atoms with Gasteiger partial charge < -0.3 is 20.7 Å². The number of fused-ring (bicyclic) bond motifs is 2. The first-order valence-electron chi connectivity index (χ1n) is 11.5. The highest BCUT2D eigenvalue weighted by atomic mass is 16.5. The van der Waals surface area contributed by atoms with E-state index in [1.807, 2.05) is 6.07 Å². The van der Waals surface area contributed by atoms with Gasteiger partial charge in [0, 0.05) is 5.39 Å². The van der Waals surface area contributed by atoms with Crippen LogP contribution < -0.4 is 16.0 Å². The number of carbonyl (C=O) groups excluding carboxylic acids is 2. The largest absolute Gasteiger partial charge is 0.451 e. The van der Waals surface area contributed by atoms with E-state index < -0.39 is 11.6 Å². The zero-order chi connectivity index (χ0) is 23.3. The van der Waals surface area contributed by atoms with Crippen molar-refractivity contribution in [3.63, 3.8) is 0 Å². The van der Waals surface area contributed by atoms with Gasteiger partial charge in [-0.05, 0) is 68.5 Å². The smallest absolute Gasteiger partial charge is 0.434 e.